The molecule has 0 atom stereocenters. The second-order valence-corrected chi connectivity index (χ2v) is 7.55. The zero-order valence-corrected chi connectivity index (χ0v) is 19.5. The van der Waals surface area contributed by atoms with E-state index in [4.69, 9.17) is 0 Å². The Hall–Kier alpha value is -0.487. The number of benzene rings is 2. The third-order valence-corrected chi connectivity index (χ3v) is 4.46. The van der Waals surface area contributed by atoms with Crippen LogP contribution in [0.15, 0.2) is 54.6 Å². The third kappa shape index (κ3) is 5.03. The van der Waals surface area contributed by atoms with E-state index in [1.807, 2.05) is 0 Å². The van der Waals surface area contributed by atoms with Crippen molar-refractivity contribution in [1.82, 2.24) is 0 Å². The SMILES string of the molecule is CC(C)c1cc2c(-c3ccccc3C(C)(C)C)cccc2[cH-]1.[Cl-].[Cl-].[Zr+3]. The summed E-state index contributed by atoms with van der Waals surface area (Å²) in [7, 11) is 0. The molecule has 0 N–H and O–H groups in total. The van der Waals surface area contributed by atoms with Crippen molar-refractivity contribution in [2.24, 2.45) is 0 Å². The maximum atomic E-state index is 2.37. The topological polar surface area (TPSA) is 0 Å². The van der Waals surface area contributed by atoms with E-state index in [0.29, 0.717) is 5.92 Å². The summed E-state index contributed by atoms with van der Waals surface area (Å²) in [5.74, 6) is 0.568. The molecule has 0 aromatic heterocycles. The minimum absolute atomic E-state index is 0. The molecule has 0 saturated carbocycles. The van der Waals surface area contributed by atoms with Gasteiger partial charge in [0.2, 0.25) is 0 Å². The van der Waals surface area contributed by atoms with Crippen LogP contribution in [-0.2, 0) is 31.6 Å². The van der Waals surface area contributed by atoms with Crippen molar-refractivity contribution in [2.75, 3.05) is 0 Å². The van der Waals surface area contributed by atoms with Crippen LogP contribution in [0.3, 0.4) is 0 Å². The molecule has 0 bridgehead atoms. The van der Waals surface area contributed by atoms with E-state index in [0.717, 1.165) is 0 Å². The number of rotatable bonds is 2. The van der Waals surface area contributed by atoms with E-state index in [1.165, 1.54) is 33.0 Å². The third-order valence-electron chi connectivity index (χ3n) is 4.46. The van der Waals surface area contributed by atoms with E-state index in [9.17, 15) is 0 Å². The van der Waals surface area contributed by atoms with Crippen LogP contribution in [0, 0.1) is 0 Å². The van der Waals surface area contributed by atoms with Crippen molar-refractivity contribution < 1.29 is 51.0 Å². The molecule has 0 aliphatic rings. The molecule has 0 aliphatic carbocycles. The molecule has 1 radical (unpaired) electrons. The fourth-order valence-corrected chi connectivity index (χ4v) is 3.20. The number of hydrogen-bond acceptors (Lipinski definition) is 0. The van der Waals surface area contributed by atoms with Crippen molar-refractivity contribution in [2.45, 2.75) is 46.0 Å². The van der Waals surface area contributed by atoms with Gasteiger partial charge in [-0.2, -0.15) is 6.07 Å². The molecule has 3 aromatic rings. The van der Waals surface area contributed by atoms with Crippen molar-refractivity contribution in [1.29, 1.82) is 0 Å². The Morgan fingerprint density at radius 2 is 1.44 bits per heavy atom. The molecule has 3 rings (SSSR count). The molecule has 0 fully saturated rings. The van der Waals surface area contributed by atoms with Crippen LogP contribution in [0.2, 0.25) is 0 Å². The summed E-state index contributed by atoms with van der Waals surface area (Å²) in [4.78, 5) is 0. The molecule has 0 aliphatic heterocycles. The number of fused-ring (bicyclic) bond motifs is 1. The maximum absolute atomic E-state index is 2.37. The zero-order valence-electron chi connectivity index (χ0n) is 15.5. The van der Waals surface area contributed by atoms with E-state index >= 15 is 0 Å². The number of halogens is 2. The summed E-state index contributed by atoms with van der Waals surface area (Å²) in [6, 6.07) is 20.2. The predicted octanol–water partition coefficient (Wildman–Crippen LogP) is 0.652. The monoisotopic (exact) mass is 449 g/mol. The van der Waals surface area contributed by atoms with Gasteiger partial charge in [0.1, 0.15) is 0 Å². The molecule has 131 valence electrons. The van der Waals surface area contributed by atoms with Gasteiger partial charge in [-0.1, -0.05) is 70.5 Å². The molecule has 0 unspecified atom stereocenters. The van der Waals surface area contributed by atoms with Crippen molar-refractivity contribution in [3.05, 3.63) is 65.7 Å². The van der Waals surface area contributed by atoms with Gasteiger partial charge in [-0.25, -0.2) is 0 Å². The van der Waals surface area contributed by atoms with E-state index in [-0.39, 0.29) is 56.4 Å². The molecule has 25 heavy (non-hydrogen) atoms. The van der Waals surface area contributed by atoms with Gasteiger partial charge in [0, 0.05) is 0 Å². The summed E-state index contributed by atoms with van der Waals surface area (Å²) in [6.45, 7) is 11.4. The molecular formula is C22H25Cl2Zr. The largest absolute Gasteiger partial charge is 3.00 e. The summed E-state index contributed by atoms with van der Waals surface area (Å²) in [5.41, 5.74) is 5.70. The summed E-state index contributed by atoms with van der Waals surface area (Å²) in [6.07, 6.45) is 0. The normalized spacial score (nSPS) is 10.8. The summed E-state index contributed by atoms with van der Waals surface area (Å²) >= 11 is 0. The molecule has 0 amide bonds. The zero-order chi connectivity index (χ0) is 15.9. The number of hydrogen-bond donors (Lipinski definition) is 0. The van der Waals surface area contributed by atoms with Gasteiger partial charge in [0.05, 0.1) is 0 Å². The minimum atomic E-state index is 0. The molecule has 0 saturated heterocycles. The summed E-state index contributed by atoms with van der Waals surface area (Å²) in [5, 5.41) is 2.73. The van der Waals surface area contributed by atoms with Crippen LogP contribution in [-0.4, -0.2) is 0 Å². The Bertz CT molecular complexity index is 810. The summed E-state index contributed by atoms with van der Waals surface area (Å²) < 4.78 is 0. The van der Waals surface area contributed by atoms with Crippen LogP contribution in [0.5, 0.6) is 0 Å². The Balaban J connectivity index is 0.00000192. The minimum Gasteiger partial charge on any atom is -1.00 e. The fourth-order valence-electron chi connectivity index (χ4n) is 3.20. The first-order chi connectivity index (χ1) is 10.4. The Morgan fingerprint density at radius 1 is 0.840 bits per heavy atom. The molecule has 0 spiro atoms. The average molecular weight is 452 g/mol. The fraction of sp³-hybridized carbons (Fsp3) is 0.318. The van der Waals surface area contributed by atoms with Crippen LogP contribution in [0.25, 0.3) is 21.9 Å². The molecule has 0 heterocycles. The van der Waals surface area contributed by atoms with Crippen molar-refractivity contribution >= 4 is 10.8 Å². The van der Waals surface area contributed by atoms with Gasteiger partial charge in [-0.3, -0.25) is 0 Å². The van der Waals surface area contributed by atoms with Crippen molar-refractivity contribution in [3.63, 3.8) is 0 Å². The average Bonchev–Trinajstić information content (AvgIpc) is 2.90. The molecule has 0 nitrogen and oxygen atoms in total. The standard InChI is InChI=1S/C22H25.2ClH.Zr/c1-15(2)17-13-16-9-8-11-18(20(16)14-17)19-10-6-7-12-21(19)22(3,4)5;;;/h6-15H,1-5H3;2*1H;/q-1;;;+3/p-2. The molecular weight excluding hydrogens is 426 g/mol. The first-order valence-corrected chi connectivity index (χ1v) is 8.17. The van der Waals surface area contributed by atoms with Gasteiger partial charge in [-0.05, 0) is 22.5 Å². The Kier molecular flexibility index (Phi) is 9.27. The van der Waals surface area contributed by atoms with Crippen LogP contribution < -0.4 is 24.8 Å². The second kappa shape index (κ2) is 9.45. The molecule has 3 heteroatoms. The smallest absolute Gasteiger partial charge is 1.00 e. The van der Waals surface area contributed by atoms with E-state index in [2.05, 4.69) is 89.2 Å². The van der Waals surface area contributed by atoms with Crippen molar-refractivity contribution in [3.8, 4) is 11.1 Å². The van der Waals surface area contributed by atoms with Gasteiger partial charge < -0.3 is 24.8 Å². The van der Waals surface area contributed by atoms with Gasteiger partial charge in [-0.15, -0.1) is 34.5 Å². The van der Waals surface area contributed by atoms with Gasteiger partial charge in [0.25, 0.3) is 0 Å². The first kappa shape index (κ1) is 24.5. The quantitative estimate of drug-likeness (QED) is 0.502. The van der Waals surface area contributed by atoms with Gasteiger partial charge in [0.15, 0.2) is 0 Å². The van der Waals surface area contributed by atoms with Gasteiger partial charge >= 0.3 is 26.2 Å². The Labute approximate surface area is 183 Å². The van der Waals surface area contributed by atoms with Crippen LogP contribution in [0.4, 0.5) is 0 Å². The van der Waals surface area contributed by atoms with Crippen LogP contribution >= 0.6 is 0 Å². The predicted molar refractivity (Wildman–Crippen MR) is 97.8 cm³/mol. The second-order valence-electron chi connectivity index (χ2n) is 7.55. The Morgan fingerprint density at radius 3 is 2.04 bits per heavy atom. The molecule has 3 aromatic carbocycles. The van der Waals surface area contributed by atoms with E-state index < -0.39 is 0 Å². The first-order valence-electron chi connectivity index (χ1n) is 8.17. The van der Waals surface area contributed by atoms with E-state index in [1.54, 1.807) is 0 Å². The van der Waals surface area contributed by atoms with Crippen LogP contribution in [0.1, 0.15) is 51.7 Å². The maximum Gasteiger partial charge on any atom is 3.00 e.